The van der Waals surface area contributed by atoms with Crippen molar-refractivity contribution < 1.29 is 14.3 Å². The molecule has 88 valence electrons. The van der Waals surface area contributed by atoms with Gasteiger partial charge < -0.3 is 9.47 Å². The summed E-state index contributed by atoms with van der Waals surface area (Å²) in [4.78, 5) is 11.7. The van der Waals surface area contributed by atoms with Crippen LogP contribution in [0.3, 0.4) is 0 Å². The first-order chi connectivity index (χ1) is 7.51. The number of nitrogens with zero attached hydrogens (tertiary/aromatic N) is 1. The third-order valence-corrected chi connectivity index (χ3v) is 2.28. The third kappa shape index (κ3) is 2.25. The summed E-state index contributed by atoms with van der Waals surface area (Å²) in [7, 11) is 4.57. The largest absolute Gasteiger partial charge is 0.493 e. The van der Waals surface area contributed by atoms with Crippen LogP contribution in [-0.2, 0) is 0 Å². The van der Waals surface area contributed by atoms with Gasteiger partial charge in [0, 0.05) is 12.6 Å². The van der Waals surface area contributed by atoms with E-state index in [4.69, 9.17) is 15.3 Å². The molecule has 0 unspecified atom stereocenters. The first-order valence-corrected chi connectivity index (χ1v) is 4.76. The Morgan fingerprint density at radius 2 is 1.75 bits per heavy atom. The number of hydrogen-bond acceptors (Lipinski definition) is 4. The second kappa shape index (κ2) is 4.85. The van der Waals surface area contributed by atoms with Crippen LogP contribution in [0.15, 0.2) is 12.1 Å². The standard InChI is InChI=1S/C11H16N2O3/c1-7-5-9(15-3)10(16-4)6-8(7)11(14)13(2)12/h5-6H,12H2,1-4H3. The van der Waals surface area contributed by atoms with E-state index in [9.17, 15) is 4.79 Å². The number of benzene rings is 1. The number of ether oxygens (including phenoxy) is 2. The highest BCUT2D eigenvalue weighted by Crippen LogP contribution is 2.30. The Morgan fingerprint density at radius 1 is 1.25 bits per heavy atom. The fourth-order valence-corrected chi connectivity index (χ4v) is 1.40. The first-order valence-electron chi connectivity index (χ1n) is 4.76. The maximum atomic E-state index is 11.7. The van der Waals surface area contributed by atoms with Crippen LogP contribution in [-0.4, -0.2) is 32.2 Å². The molecule has 5 nitrogen and oxygen atoms in total. The van der Waals surface area contributed by atoms with E-state index in [2.05, 4.69) is 0 Å². The van der Waals surface area contributed by atoms with Crippen molar-refractivity contribution in [3.8, 4) is 11.5 Å². The summed E-state index contributed by atoms with van der Waals surface area (Å²) in [6.07, 6.45) is 0. The fraction of sp³-hybridized carbons (Fsp3) is 0.364. The minimum absolute atomic E-state index is 0.265. The lowest BCUT2D eigenvalue weighted by Gasteiger charge is -2.15. The zero-order valence-corrected chi connectivity index (χ0v) is 9.90. The van der Waals surface area contributed by atoms with Gasteiger partial charge in [0.15, 0.2) is 11.5 Å². The van der Waals surface area contributed by atoms with E-state index >= 15 is 0 Å². The van der Waals surface area contributed by atoms with Crippen LogP contribution in [0.2, 0.25) is 0 Å². The average Bonchev–Trinajstić information content (AvgIpc) is 2.27. The average molecular weight is 224 g/mol. The van der Waals surface area contributed by atoms with Crippen molar-refractivity contribution in [1.82, 2.24) is 5.01 Å². The molecule has 0 bridgehead atoms. The number of aryl methyl sites for hydroxylation is 1. The second-order valence-electron chi connectivity index (χ2n) is 3.44. The van der Waals surface area contributed by atoms with Crippen molar-refractivity contribution in [3.63, 3.8) is 0 Å². The van der Waals surface area contributed by atoms with Crippen LogP contribution in [0, 0.1) is 6.92 Å². The molecular weight excluding hydrogens is 208 g/mol. The quantitative estimate of drug-likeness (QED) is 0.472. The van der Waals surface area contributed by atoms with E-state index in [1.165, 1.54) is 14.2 Å². The Bertz CT molecular complexity index is 402. The van der Waals surface area contributed by atoms with Crippen LogP contribution in [0.25, 0.3) is 0 Å². The molecule has 0 spiro atoms. The van der Waals surface area contributed by atoms with Crippen molar-refractivity contribution in [2.24, 2.45) is 5.84 Å². The number of methoxy groups -OCH3 is 2. The summed E-state index contributed by atoms with van der Waals surface area (Å²) < 4.78 is 10.3. The molecule has 0 aliphatic heterocycles. The molecule has 5 heteroatoms. The Kier molecular flexibility index (Phi) is 3.73. The molecule has 0 aliphatic carbocycles. The number of rotatable bonds is 3. The van der Waals surface area contributed by atoms with Crippen LogP contribution in [0.5, 0.6) is 11.5 Å². The smallest absolute Gasteiger partial charge is 0.267 e. The minimum atomic E-state index is -0.265. The monoisotopic (exact) mass is 224 g/mol. The lowest BCUT2D eigenvalue weighted by molar-refractivity contribution is 0.0794. The number of carbonyl (C=O) groups excluding carboxylic acids is 1. The molecule has 0 atom stereocenters. The SMILES string of the molecule is COc1cc(C)c(C(=O)N(C)N)cc1OC. The zero-order valence-electron chi connectivity index (χ0n) is 9.90. The van der Waals surface area contributed by atoms with Gasteiger partial charge >= 0.3 is 0 Å². The number of amides is 1. The highest BCUT2D eigenvalue weighted by molar-refractivity contribution is 5.95. The highest BCUT2D eigenvalue weighted by atomic mass is 16.5. The van der Waals surface area contributed by atoms with Gasteiger partial charge in [-0.15, -0.1) is 0 Å². The van der Waals surface area contributed by atoms with Crippen LogP contribution in [0.4, 0.5) is 0 Å². The molecule has 16 heavy (non-hydrogen) atoms. The van der Waals surface area contributed by atoms with Crippen LogP contribution < -0.4 is 15.3 Å². The van der Waals surface area contributed by atoms with E-state index in [0.717, 1.165) is 10.6 Å². The summed E-state index contributed by atoms with van der Waals surface area (Å²) in [6.45, 7) is 1.82. The summed E-state index contributed by atoms with van der Waals surface area (Å²) in [6, 6.07) is 3.37. The molecule has 0 saturated carbocycles. The number of hydrazine groups is 1. The Hall–Kier alpha value is -1.75. The molecule has 1 aromatic carbocycles. The topological polar surface area (TPSA) is 64.8 Å². The predicted molar refractivity (Wildman–Crippen MR) is 60.6 cm³/mol. The lowest BCUT2D eigenvalue weighted by atomic mass is 10.1. The van der Waals surface area contributed by atoms with Gasteiger partial charge in [-0.3, -0.25) is 9.80 Å². The van der Waals surface area contributed by atoms with E-state index in [1.54, 1.807) is 19.2 Å². The van der Waals surface area contributed by atoms with E-state index in [0.29, 0.717) is 17.1 Å². The summed E-state index contributed by atoms with van der Waals surface area (Å²) in [5.41, 5.74) is 1.29. The summed E-state index contributed by atoms with van der Waals surface area (Å²) >= 11 is 0. The molecule has 0 aliphatic rings. The van der Waals surface area contributed by atoms with Gasteiger partial charge in [-0.1, -0.05) is 0 Å². The van der Waals surface area contributed by atoms with Crippen molar-refractivity contribution in [1.29, 1.82) is 0 Å². The van der Waals surface area contributed by atoms with E-state index < -0.39 is 0 Å². The van der Waals surface area contributed by atoms with Gasteiger partial charge in [0.05, 0.1) is 14.2 Å². The van der Waals surface area contributed by atoms with Crippen molar-refractivity contribution in [2.75, 3.05) is 21.3 Å². The lowest BCUT2D eigenvalue weighted by Crippen LogP contribution is -2.33. The molecule has 1 amide bonds. The van der Waals surface area contributed by atoms with Gasteiger partial charge in [-0.25, -0.2) is 5.84 Å². The molecule has 0 radical (unpaired) electrons. The predicted octanol–water partition coefficient (Wildman–Crippen LogP) is 0.958. The van der Waals surface area contributed by atoms with Gasteiger partial charge in [0.1, 0.15) is 0 Å². The van der Waals surface area contributed by atoms with E-state index in [-0.39, 0.29) is 5.91 Å². The Labute approximate surface area is 94.7 Å². The normalized spacial score (nSPS) is 9.81. The van der Waals surface area contributed by atoms with Crippen LogP contribution >= 0.6 is 0 Å². The zero-order chi connectivity index (χ0) is 12.3. The molecule has 1 aromatic rings. The van der Waals surface area contributed by atoms with E-state index in [1.807, 2.05) is 6.92 Å². The van der Waals surface area contributed by atoms with Gasteiger partial charge in [-0.05, 0) is 24.6 Å². The second-order valence-corrected chi connectivity index (χ2v) is 3.44. The van der Waals surface area contributed by atoms with Crippen molar-refractivity contribution in [2.45, 2.75) is 6.92 Å². The summed E-state index contributed by atoms with van der Waals surface area (Å²) in [5, 5.41) is 1.04. The van der Waals surface area contributed by atoms with Crippen molar-refractivity contribution in [3.05, 3.63) is 23.3 Å². The Balaban J connectivity index is 3.26. The molecule has 1 rings (SSSR count). The molecule has 0 fully saturated rings. The number of nitrogens with two attached hydrogens (primary N) is 1. The minimum Gasteiger partial charge on any atom is -0.493 e. The molecule has 0 aromatic heterocycles. The number of hydrogen-bond donors (Lipinski definition) is 1. The summed E-state index contributed by atoms with van der Waals surface area (Å²) in [5.74, 6) is 6.25. The number of carbonyl (C=O) groups is 1. The molecule has 2 N–H and O–H groups in total. The van der Waals surface area contributed by atoms with Gasteiger partial charge in [0.2, 0.25) is 0 Å². The van der Waals surface area contributed by atoms with Crippen LogP contribution in [0.1, 0.15) is 15.9 Å². The maximum absolute atomic E-state index is 11.7. The maximum Gasteiger partial charge on any atom is 0.267 e. The van der Waals surface area contributed by atoms with Gasteiger partial charge in [-0.2, -0.15) is 0 Å². The molecule has 0 saturated heterocycles. The molecular formula is C11H16N2O3. The highest BCUT2D eigenvalue weighted by Gasteiger charge is 2.15. The fourth-order valence-electron chi connectivity index (χ4n) is 1.40. The van der Waals surface area contributed by atoms with Crippen molar-refractivity contribution >= 4 is 5.91 Å². The van der Waals surface area contributed by atoms with Gasteiger partial charge in [0.25, 0.3) is 5.91 Å². The first kappa shape index (κ1) is 12.3. The molecule has 0 heterocycles. The third-order valence-electron chi connectivity index (χ3n) is 2.28. The Morgan fingerprint density at radius 3 is 2.19 bits per heavy atom.